The highest BCUT2D eigenvalue weighted by Crippen LogP contribution is 2.22. The Hall–Kier alpha value is -0.910. The van der Waals surface area contributed by atoms with Gasteiger partial charge in [-0.05, 0) is 18.6 Å². The van der Waals surface area contributed by atoms with Gasteiger partial charge in [-0.15, -0.1) is 0 Å². The lowest BCUT2D eigenvalue weighted by Gasteiger charge is -2.11. The predicted octanol–water partition coefficient (Wildman–Crippen LogP) is 2.89. The second-order valence-corrected chi connectivity index (χ2v) is 4.12. The summed E-state index contributed by atoms with van der Waals surface area (Å²) in [5, 5.41) is 0. The van der Waals surface area contributed by atoms with Gasteiger partial charge in [0.1, 0.15) is 0 Å². The second-order valence-electron chi connectivity index (χ2n) is 3.75. The molecule has 1 aliphatic rings. The number of ether oxygens (including phenoxy) is 1. The van der Waals surface area contributed by atoms with Crippen molar-refractivity contribution >= 4 is 11.8 Å². The topological polar surface area (TPSA) is 21.7 Å². The molecule has 0 saturated carbocycles. The van der Waals surface area contributed by atoms with Gasteiger partial charge in [0, 0.05) is 24.7 Å². The third-order valence-electron chi connectivity index (χ3n) is 2.50. The summed E-state index contributed by atoms with van der Waals surface area (Å²) >= 11 is 5.60. The number of hydrogen-bond acceptors (Lipinski definition) is 3. The largest absolute Gasteiger partial charge is 0.488 e. The van der Waals surface area contributed by atoms with Crippen molar-refractivity contribution in [3.63, 3.8) is 0 Å². The van der Waals surface area contributed by atoms with Crippen LogP contribution in [0.4, 0.5) is 8.78 Å². The zero-order chi connectivity index (χ0) is 12.3. The molecule has 0 aliphatic carbocycles. The van der Waals surface area contributed by atoms with E-state index in [2.05, 4.69) is 0 Å². The van der Waals surface area contributed by atoms with Crippen molar-refractivity contribution < 1.29 is 18.4 Å². The van der Waals surface area contributed by atoms with Crippen LogP contribution in [0.1, 0.15) is 12.8 Å². The molecule has 1 saturated heterocycles. The lowest BCUT2D eigenvalue weighted by atomic mass is 10.2. The fraction of sp³-hybridized carbons (Fsp3) is 0.455. The van der Waals surface area contributed by atoms with Gasteiger partial charge in [-0.3, -0.25) is 4.84 Å². The maximum absolute atomic E-state index is 13.2. The highest BCUT2D eigenvalue weighted by atomic mass is 35.5. The van der Waals surface area contributed by atoms with E-state index < -0.39 is 11.6 Å². The van der Waals surface area contributed by atoms with E-state index in [1.54, 1.807) is 0 Å². The van der Waals surface area contributed by atoms with Crippen LogP contribution in [0, 0.1) is 11.6 Å². The van der Waals surface area contributed by atoms with Gasteiger partial charge in [-0.1, -0.05) is 10.6 Å². The smallest absolute Gasteiger partial charge is 0.190 e. The van der Waals surface area contributed by atoms with Crippen LogP contribution in [0.3, 0.4) is 0 Å². The van der Waals surface area contributed by atoms with E-state index in [0.717, 1.165) is 18.6 Å². The van der Waals surface area contributed by atoms with E-state index in [1.165, 1.54) is 10.6 Å². The average Bonchev–Trinajstić information content (AvgIpc) is 2.69. The van der Waals surface area contributed by atoms with Crippen LogP contribution in [0.15, 0.2) is 18.2 Å². The first-order valence-electron chi connectivity index (χ1n) is 5.33. The molecule has 0 spiro atoms. The first-order valence-corrected chi connectivity index (χ1v) is 5.67. The van der Waals surface area contributed by atoms with Gasteiger partial charge < -0.3 is 4.74 Å². The maximum Gasteiger partial charge on any atom is 0.190 e. The Balaban J connectivity index is 1.82. The van der Waals surface area contributed by atoms with Crippen LogP contribution in [-0.2, 0) is 4.84 Å². The summed E-state index contributed by atoms with van der Waals surface area (Å²) in [6.45, 7) is 0.827. The molecule has 0 N–H and O–H groups in total. The maximum atomic E-state index is 13.2. The van der Waals surface area contributed by atoms with Crippen LogP contribution in [-0.4, -0.2) is 23.8 Å². The predicted molar refractivity (Wildman–Crippen MR) is 58.5 cm³/mol. The Kier molecular flexibility index (Phi) is 4.15. The monoisotopic (exact) mass is 263 g/mol. The first-order chi connectivity index (χ1) is 8.16. The van der Waals surface area contributed by atoms with E-state index in [9.17, 15) is 8.78 Å². The van der Waals surface area contributed by atoms with Crippen molar-refractivity contribution in [2.45, 2.75) is 18.9 Å². The number of halogens is 3. The third-order valence-corrected chi connectivity index (χ3v) is 2.74. The van der Waals surface area contributed by atoms with E-state index in [4.69, 9.17) is 21.4 Å². The van der Waals surface area contributed by atoms with E-state index in [0.29, 0.717) is 13.0 Å². The van der Waals surface area contributed by atoms with Gasteiger partial charge in [0.2, 0.25) is 0 Å². The fourth-order valence-corrected chi connectivity index (χ4v) is 1.83. The molecule has 94 valence electrons. The van der Waals surface area contributed by atoms with E-state index >= 15 is 0 Å². The summed E-state index contributed by atoms with van der Waals surface area (Å²) < 4.78 is 32.7. The summed E-state index contributed by atoms with van der Waals surface area (Å²) in [6, 6.07) is 3.61. The summed E-state index contributed by atoms with van der Waals surface area (Å²) in [5.74, 6) is -1.74. The highest BCUT2D eigenvalue weighted by molar-refractivity contribution is 6.12. The number of nitrogens with zero attached hydrogens (tertiary/aromatic N) is 1. The quantitative estimate of drug-likeness (QED) is 0.780. The minimum Gasteiger partial charge on any atom is -0.488 e. The number of benzene rings is 1. The summed E-state index contributed by atoms with van der Waals surface area (Å²) in [6.07, 6.45) is 1.27. The van der Waals surface area contributed by atoms with Crippen molar-refractivity contribution in [2.24, 2.45) is 0 Å². The van der Waals surface area contributed by atoms with Crippen molar-refractivity contribution in [1.82, 2.24) is 4.58 Å². The number of hydrogen-bond donors (Lipinski definition) is 0. The fourth-order valence-electron chi connectivity index (χ4n) is 1.62. The molecule has 1 aliphatic heterocycles. The third kappa shape index (κ3) is 3.28. The molecule has 1 unspecified atom stereocenters. The Morgan fingerprint density at radius 1 is 1.41 bits per heavy atom. The van der Waals surface area contributed by atoms with Crippen molar-refractivity contribution in [1.29, 1.82) is 0 Å². The van der Waals surface area contributed by atoms with Crippen LogP contribution < -0.4 is 4.74 Å². The molecule has 6 heteroatoms. The van der Waals surface area contributed by atoms with Gasteiger partial charge >= 0.3 is 0 Å². The molecule has 2 rings (SSSR count). The van der Waals surface area contributed by atoms with Gasteiger partial charge in [0.05, 0.1) is 12.7 Å². The molecule has 0 aromatic heterocycles. The zero-order valence-corrected chi connectivity index (χ0v) is 9.79. The van der Waals surface area contributed by atoms with Crippen LogP contribution in [0.5, 0.6) is 5.75 Å². The second kappa shape index (κ2) is 5.62. The Labute approximate surface area is 103 Å². The van der Waals surface area contributed by atoms with Crippen LogP contribution in [0.2, 0.25) is 0 Å². The number of hydroxylamine groups is 1. The molecule has 0 amide bonds. The summed E-state index contributed by atoms with van der Waals surface area (Å²) in [5.41, 5.74) is 0. The zero-order valence-electron chi connectivity index (χ0n) is 9.04. The lowest BCUT2D eigenvalue weighted by molar-refractivity contribution is -0.0796. The lowest BCUT2D eigenvalue weighted by Crippen LogP contribution is -2.13. The molecule has 17 heavy (non-hydrogen) atoms. The van der Waals surface area contributed by atoms with Gasteiger partial charge in [-0.2, -0.15) is 0 Å². The normalized spacial score (nSPS) is 20.8. The molecule has 1 aromatic carbocycles. The number of para-hydroxylation sites is 1. The SMILES string of the molecule is Fc1cccc(F)c1OCCC1CCN(Cl)O1. The van der Waals surface area contributed by atoms with Crippen molar-refractivity contribution in [3.05, 3.63) is 29.8 Å². The molecule has 0 radical (unpaired) electrons. The molecule has 1 heterocycles. The van der Waals surface area contributed by atoms with Crippen molar-refractivity contribution in [2.75, 3.05) is 13.2 Å². The molecule has 0 bridgehead atoms. The molecule has 1 fully saturated rings. The van der Waals surface area contributed by atoms with E-state index in [1.807, 2.05) is 0 Å². The summed E-state index contributed by atoms with van der Waals surface area (Å²) in [4.78, 5) is 5.19. The molecule has 1 atom stereocenters. The van der Waals surface area contributed by atoms with Gasteiger partial charge in [0.15, 0.2) is 17.4 Å². The van der Waals surface area contributed by atoms with Gasteiger partial charge in [-0.25, -0.2) is 8.78 Å². The Morgan fingerprint density at radius 2 is 2.12 bits per heavy atom. The number of rotatable bonds is 4. The molecular formula is C11H12ClF2NO2. The van der Waals surface area contributed by atoms with Crippen molar-refractivity contribution in [3.8, 4) is 5.75 Å². The molecule has 3 nitrogen and oxygen atoms in total. The van der Waals surface area contributed by atoms with Crippen LogP contribution in [0.25, 0.3) is 0 Å². The first kappa shape index (κ1) is 12.5. The van der Waals surface area contributed by atoms with Crippen LogP contribution >= 0.6 is 11.8 Å². The molecule has 1 aromatic rings. The minimum atomic E-state index is -0.698. The molecular weight excluding hydrogens is 252 g/mol. The standard InChI is InChI=1S/C11H12ClF2NO2/c12-15-6-4-8(17-15)5-7-16-11-9(13)2-1-3-10(11)14/h1-3,8H,4-7H2. The Bertz CT molecular complexity index is 371. The average molecular weight is 264 g/mol. The summed E-state index contributed by atoms with van der Waals surface area (Å²) in [7, 11) is 0. The van der Waals surface area contributed by atoms with Gasteiger partial charge in [0.25, 0.3) is 0 Å². The Morgan fingerprint density at radius 3 is 2.71 bits per heavy atom. The van der Waals surface area contributed by atoms with E-state index in [-0.39, 0.29) is 18.5 Å². The highest BCUT2D eigenvalue weighted by Gasteiger charge is 2.22. The minimum absolute atomic E-state index is 0.0534.